The van der Waals surface area contributed by atoms with Crippen LogP contribution < -0.4 is 11.3 Å². The summed E-state index contributed by atoms with van der Waals surface area (Å²) in [7, 11) is 0. The molecule has 0 saturated heterocycles. The number of halogens is 1. The van der Waals surface area contributed by atoms with Crippen LogP contribution in [-0.2, 0) is 11.3 Å². The van der Waals surface area contributed by atoms with Gasteiger partial charge in [-0.15, -0.1) is 0 Å². The van der Waals surface area contributed by atoms with Gasteiger partial charge in [0.05, 0.1) is 13.2 Å². The van der Waals surface area contributed by atoms with Gasteiger partial charge in [-0.25, -0.2) is 5.84 Å². The first-order chi connectivity index (χ1) is 8.19. The van der Waals surface area contributed by atoms with Crippen LogP contribution in [0.5, 0.6) is 0 Å². The normalized spacial score (nSPS) is 10.8. The van der Waals surface area contributed by atoms with E-state index in [1.54, 1.807) is 12.1 Å². The van der Waals surface area contributed by atoms with Gasteiger partial charge in [-0.3, -0.25) is 10.2 Å². The number of nitrogens with one attached hydrogen (secondary N) is 1. The molecule has 1 aromatic rings. The van der Waals surface area contributed by atoms with Crippen LogP contribution in [0.4, 0.5) is 0 Å². The molecule has 92 valence electrons. The van der Waals surface area contributed by atoms with Gasteiger partial charge >= 0.3 is 0 Å². The van der Waals surface area contributed by atoms with Gasteiger partial charge in [0.25, 0.3) is 5.91 Å². The lowest BCUT2D eigenvalue weighted by Crippen LogP contribution is -2.29. The highest BCUT2D eigenvalue weighted by molar-refractivity contribution is 9.10. The predicted octanol–water partition coefficient (Wildman–Crippen LogP) is 2.15. The number of ether oxygens (including phenoxy) is 1. The number of carbonyl (C=O) groups is 1. The monoisotopic (exact) mass is 298 g/mol. The summed E-state index contributed by atoms with van der Waals surface area (Å²) in [5.74, 6) is 4.75. The lowest BCUT2D eigenvalue weighted by molar-refractivity contribution is 0.0953. The lowest BCUT2D eigenvalue weighted by atomic mass is 10.1. The number of hydrazine groups is 1. The van der Waals surface area contributed by atoms with Gasteiger partial charge in [0.2, 0.25) is 0 Å². The number of hydrogen-bond acceptors (Lipinski definition) is 3. The van der Waals surface area contributed by atoms with Gasteiger partial charge in [0.15, 0.2) is 0 Å². The number of amides is 1. The minimum atomic E-state index is -0.313. The highest BCUT2D eigenvalue weighted by Gasteiger charge is 2.06. The third-order valence-corrected chi connectivity index (χ3v) is 2.89. The van der Waals surface area contributed by atoms with E-state index in [-0.39, 0.29) is 5.91 Å². The van der Waals surface area contributed by atoms with Crippen LogP contribution in [0.1, 0.15) is 22.8 Å². The topological polar surface area (TPSA) is 64.3 Å². The molecule has 0 bridgehead atoms. The molecule has 5 heteroatoms. The third-order valence-electron chi connectivity index (χ3n) is 2.15. The fourth-order valence-corrected chi connectivity index (χ4v) is 1.72. The summed E-state index contributed by atoms with van der Waals surface area (Å²) in [5, 5.41) is 0. The zero-order valence-corrected chi connectivity index (χ0v) is 11.2. The molecular formula is C12H15BrN2O2. The number of carbonyl (C=O) groups excluding carboxylic acids is 1. The molecular weight excluding hydrogens is 284 g/mol. The molecule has 0 aliphatic carbocycles. The van der Waals surface area contributed by atoms with Crippen LogP contribution in [-0.4, -0.2) is 12.5 Å². The molecule has 4 nitrogen and oxygen atoms in total. The number of hydrogen-bond donors (Lipinski definition) is 2. The van der Waals surface area contributed by atoms with E-state index >= 15 is 0 Å². The van der Waals surface area contributed by atoms with Crippen molar-refractivity contribution < 1.29 is 9.53 Å². The minimum Gasteiger partial charge on any atom is -0.373 e. The number of benzene rings is 1. The summed E-state index contributed by atoms with van der Waals surface area (Å²) in [6, 6.07) is 5.27. The van der Waals surface area contributed by atoms with Crippen molar-refractivity contribution in [3.8, 4) is 0 Å². The smallest absolute Gasteiger partial charge is 0.265 e. The Balaban J connectivity index is 2.66. The molecule has 1 aromatic carbocycles. The zero-order chi connectivity index (χ0) is 12.7. The summed E-state index contributed by atoms with van der Waals surface area (Å²) in [6.07, 6.45) is 3.87. The summed E-state index contributed by atoms with van der Waals surface area (Å²) in [4.78, 5) is 11.3. The van der Waals surface area contributed by atoms with Crippen molar-refractivity contribution in [3.05, 3.63) is 46.0 Å². The zero-order valence-electron chi connectivity index (χ0n) is 9.57. The average molecular weight is 299 g/mol. The molecule has 3 N–H and O–H groups in total. The Hall–Kier alpha value is -1.17. The third kappa shape index (κ3) is 4.30. The molecule has 0 aromatic heterocycles. The Bertz CT molecular complexity index is 419. The number of rotatable bonds is 5. The van der Waals surface area contributed by atoms with Crippen LogP contribution >= 0.6 is 15.9 Å². The van der Waals surface area contributed by atoms with E-state index in [0.717, 1.165) is 10.0 Å². The van der Waals surface area contributed by atoms with Crippen LogP contribution in [0, 0.1) is 0 Å². The number of nitrogen functional groups attached to an aromatic ring is 1. The summed E-state index contributed by atoms with van der Waals surface area (Å²) in [5.41, 5.74) is 3.59. The molecule has 1 amide bonds. The van der Waals surface area contributed by atoms with Crippen molar-refractivity contribution in [2.75, 3.05) is 6.61 Å². The second kappa shape index (κ2) is 7.21. The molecule has 0 fully saturated rings. The maximum Gasteiger partial charge on any atom is 0.265 e. The highest BCUT2D eigenvalue weighted by Crippen LogP contribution is 2.19. The van der Waals surface area contributed by atoms with Gasteiger partial charge in [0, 0.05) is 10.0 Å². The van der Waals surface area contributed by atoms with Crippen molar-refractivity contribution in [1.82, 2.24) is 5.43 Å². The number of allylic oxidation sites excluding steroid dienone is 1. The fraction of sp³-hybridized carbons (Fsp3) is 0.250. The molecule has 0 saturated carbocycles. The van der Waals surface area contributed by atoms with Gasteiger partial charge in [0.1, 0.15) is 0 Å². The lowest BCUT2D eigenvalue weighted by Gasteiger charge is -2.06. The molecule has 0 heterocycles. The van der Waals surface area contributed by atoms with Gasteiger partial charge in [-0.2, -0.15) is 0 Å². The average Bonchev–Trinajstić information content (AvgIpc) is 2.35. The Kier molecular flexibility index (Phi) is 5.90. The Morgan fingerprint density at radius 3 is 2.94 bits per heavy atom. The highest BCUT2D eigenvalue weighted by atomic mass is 79.9. The van der Waals surface area contributed by atoms with Gasteiger partial charge in [-0.05, 0) is 24.6 Å². The van der Waals surface area contributed by atoms with Crippen molar-refractivity contribution >= 4 is 21.8 Å². The first kappa shape index (κ1) is 13.9. The van der Waals surface area contributed by atoms with E-state index in [4.69, 9.17) is 10.6 Å². The van der Waals surface area contributed by atoms with Crippen LogP contribution in [0.2, 0.25) is 0 Å². The summed E-state index contributed by atoms with van der Waals surface area (Å²) in [6.45, 7) is 3.02. The van der Waals surface area contributed by atoms with Crippen molar-refractivity contribution in [2.45, 2.75) is 13.5 Å². The van der Waals surface area contributed by atoms with E-state index in [1.807, 2.05) is 25.1 Å². The summed E-state index contributed by atoms with van der Waals surface area (Å²) >= 11 is 3.39. The van der Waals surface area contributed by atoms with Gasteiger partial charge < -0.3 is 4.74 Å². The van der Waals surface area contributed by atoms with E-state index in [1.165, 1.54) is 0 Å². The minimum absolute atomic E-state index is 0.313. The molecule has 17 heavy (non-hydrogen) atoms. The Morgan fingerprint density at radius 2 is 2.35 bits per heavy atom. The first-order valence-electron chi connectivity index (χ1n) is 5.17. The Labute approximate surface area is 109 Å². The molecule has 1 rings (SSSR count). The SMILES string of the molecule is C/C=C/COCc1ccc(C(=O)NN)cc1Br. The molecule has 0 unspecified atom stereocenters. The molecule has 0 spiro atoms. The van der Waals surface area contributed by atoms with Crippen LogP contribution in [0.25, 0.3) is 0 Å². The number of nitrogens with two attached hydrogens (primary N) is 1. The fourth-order valence-electron chi connectivity index (χ4n) is 1.22. The van der Waals surface area contributed by atoms with E-state index in [9.17, 15) is 4.79 Å². The first-order valence-corrected chi connectivity index (χ1v) is 5.96. The van der Waals surface area contributed by atoms with Crippen LogP contribution in [0.15, 0.2) is 34.8 Å². The van der Waals surface area contributed by atoms with E-state index < -0.39 is 0 Å². The summed E-state index contributed by atoms with van der Waals surface area (Å²) < 4.78 is 6.26. The quantitative estimate of drug-likeness (QED) is 0.288. The Morgan fingerprint density at radius 1 is 1.59 bits per heavy atom. The molecule has 0 atom stereocenters. The second-order valence-corrected chi connectivity index (χ2v) is 4.22. The van der Waals surface area contributed by atoms with Crippen molar-refractivity contribution in [3.63, 3.8) is 0 Å². The maximum atomic E-state index is 11.3. The standard InChI is InChI=1S/C12H15BrN2O2/c1-2-3-6-17-8-10-5-4-9(7-11(10)13)12(16)15-14/h2-5,7H,6,8,14H2,1H3,(H,15,16)/b3-2+. The van der Waals surface area contributed by atoms with Crippen molar-refractivity contribution in [1.29, 1.82) is 0 Å². The maximum absolute atomic E-state index is 11.3. The predicted molar refractivity (Wildman–Crippen MR) is 70.3 cm³/mol. The van der Waals surface area contributed by atoms with E-state index in [0.29, 0.717) is 18.8 Å². The van der Waals surface area contributed by atoms with Crippen molar-refractivity contribution in [2.24, 2.45) is 5.84 Å². The molecule has 0 aliphatic heterocycles. The largest absolute Gasteiger partial charge is 0.373 e. The van der Waals surface area contributed by atoms with Gasteiger partial charge in [-0.1, -0.05) is 34.1 Å². The second-order valence-electron chi connectivity index (χ2n) is 3.36. The van der Waals surface area contributed by atoms with E-state index in [2.05, 4.69) is 21.4 Å². The molecule has 0 radical (unpaired) electrons. The molecule has 0 aliphatic rings. The van der Waals surface area contributed by atoms with Crippen LogP contribution in [0.3, 0.4) is 0 Å².